The predicted molar refractivity (Wildman–Crippen MR) is 135 cm³/mol. The van der Waals surface area contributed by atoms with E-state index in [0.29, 0.717) is 11.6 Å². The molecule has 2 aromatic carbocycles. The van der Waals surface area contributed by atoms with Crippen molar-refractivity contribution in [1.82, 2.24) is 9.13 Å². The monoisotopic (exact) mass is 490 g/mol. The van der Waals surface area contributed by atoms with E-state index < -0.39 is 0 Å². The summed E-state index contributed by atoms with van der Waals surface area (Å²) in [6.45, 7) is 5.46. The van der Waals surface area contributed by atoms with Gasteiger partial charge in [-0.2, -0.15) is 0 Å². The van der Waals surface area contributed by atoms with Crippen molar-refractivity contribution in [2.45, 2.75) is 36.7 Å². The Hall–Kier alpha value is -3.85. The van der Waals surface area contributed by atoms with Crippen molar-refractivity contribution >= 4 is 35.0 Å². The van der Waals surface area contributed by atoms with Crippen molar-refractivity contribution in [3.8, 4) is 0 Å². The Balaban J connectivity index is 1.41. The van der Waals surface area contributed by atoms with Gasteiger partial charge in [0.25, 0.3) is 0 Å². The fraction of sp³-hybridized carbons (Fsp3) is 0.231. The first-order valence-corrected chi connectivity index (χ1v) is 12.3. The minimum Gasteiger partial charge on any atom is -0.315 e. The summed E-state index contributed by atoms with van der Waals surface area (Å²) in [5, 5.41) is 5.97. The molecule has 0 spiro atoms. The zero-order valence-electron chi connectivity index (χ0n) is 20.4. The molecule has 35 heavy (non-hydrogen) atoms. The van der Waals surface area contributed by atoms with Crippen LogP contribution in [0.1, 0.15) is 35.1 Å². The molecule has 0 bridgehead atoms. The van der Waals surface area contributed by atoms with E-state index >= 15 is 0 Å². The molecule has 0 fully saturated rings. The van der Waals surface area contributed by atoms with Gasteiger partial charge < -0.3 is 10.6 Å². The van der Waals surface area contributed by atoms with E-state index in [2.05, 4.69) is 10.6 Å². The smallest absolute Gasteiger partial charge is 0.315 e. The minimum atomic E-state index is -0.149. The molecule has 0 atom stereocenters. The largest absolute Gasteiger partial charge is 0.348 e. The summed E-state index contributed by atoms with van der Waals surface area (Å²) in [5.41, 5.74) is 1.47. The molecule has 2 N–H and O–H groups in total. The molecule has 0 radical (unpaired) electrons. The molecule has 2 heterocycles. The molecule has 0 aliphatic heterocycles. The Morgan fingerprint density at radius 3 is 1.86 bits per heavy atom. The lowest BCUT2D eigenvalue weighted by Crippen LogP contribution is -2.37. The summed E-state index contributed by atoms with van der Waals surface area (Å²) in [6.07, 6.45) is 7.54. The Morgan fingerprint density at radius 1 is 0.771 bits per heavy atom. The zero-order chi connectivity index (χ0) is 24.9. The van der Waals surface area contributed by atoms with Crippen LogP contribution in [0.15, 0.2) is 83.1 Å². The molecular formula is C26H30N6O2S+2. The predicted octanol–water partition coefficient (Wildman–Crippen LogP) is 3.63. The second-order valence-corrected chi connectivity index (χ2v) is 9.25. The molecule has 4 aromatic rings. The molecule has 0 aliphatic rings. The van der Waals surface area contributed by atoms with Crippen LogP contribution in [0.5, 0.6) is 0 Å². The topological polar surface area (TPSA) is 75.8 Å². The van der Waals surface area contributed by atoms with Crippen molar-refractivity contribution in [3.63, 3.8) is 0 Å². The highest BCUT2D eigenvalue weighted by Gasteiger charge is 2.23. The van der Waals surface area contributed by atoms with Crippen molar-refractivity contribution in [2.75, 3.05) is 10.6 Å². The Labute approximate surface area is 209 Å². The fourth-order valence-electron chi connectivity index (χ4n) is 3.89. The van der Waals surface area contributed by atoms with Gasteiger partial charge in [-0.1, -0.05) is 17.8 Å². The third kappa shape index (κ3) is 5.46. The van der Waals surface area contributed by atoms with Crippen LogP contribution in [0.2, 0.25) is 0 Å². The number of imidazole rings is 2. The molecule has 4 rings (SSSR count). The van der Waals surface area contributed by atoms with Gasteiger partial charge in [0.1, 0.15) is 24.8 Å². The van der Waals surface area contributed by atoms with E-state index in [0.717, 1.165) is 34.3 Å². The van der Waals surface area contributed by atoms with Crippen LogP contribution in [0.3, 0.4) is 0 Å². The first-order chi connectivity index (χ1) is 16.9. The maximum atomic E-state index is 12.8. The fourth-order valence-corrected chi connectivity index (χ4v) is 4.77. The molecule has 0 saturated carbocycles. The maximum absolute atomic E-state index is 12.8. The van der Waals surface area contributed by atoms with Gasteiger partial charge in [-0.25, -0.2) is 18.3 Å². The van der Waals surface area contributed by atoms with Crippen molar-refractivity contribution in [3.05, 3.63) is 85.0 Å². The van der Waals surface area contributed by atoms with E-state index in [9.17, 15) is 9.59 Å². The summed E-state index contributed by atoms with van der Waals surface area (Å²) < 4.78 is 7.45. The average Bonchev–Trinajstić information content (AvgIpc) is 3.42. The minimum absolute atomic E-state index is 0.147. The summed E-state index contributed by atoms with van der Waals surface area (Å²) in [7, 11) is 3.72. The number of hydrogen-bond donors (Lipinski definition) is 2. The third-order valence-electron chi connectivity index (χ3n) is 5.68. The third-order valence-corrected chi connectivity index (χ3v) is 6.68. The van der Waals surface area contributed by atoms with Crippen LogP contribution in [0.4, 0.5) is 11.4 Å². The number of anilines is 2. The van der Waals surface area contributed by atoms with E-state index in [1.165, 1.54) is 0 Å². The number of rotatable bonds is 8. The normalized spacial score (nSPS) is 10.9. The number of hydrogen-bond acceptors (Lipinski definition) is 3. The second-order valence-electron chi connectivity index (χ2n) is 8.10. The average molecular weight is 491 g/mol. The molecule has 0 aliphatic carbocycles. The highest BCUT2D eigenvalue weighted by Crippen LogP contribution is 2.30. The van der Waals surface area contributed by atoms with Crippen LogP contribution < -0.4 is 19.8 Å². The van der Waals surface area contributed by atoms with Gasteiger partial charge >= 0.3 is 23.5 Å². The van der Waals surface area contributed by atoms with Crippen LogP contribution in [0, 0.1) is 0 Å². The van der Waals surface area contributed by atoms with E-state index in [-0.39, 0.29) is 11.8 Å². The Morgan fingerprint density at radius 2 is 1.31 bits per heavy atom. The molecule has 9 heteroatoms. The molecular weight excluding hydrogens is 460 g/mol. The summed E-state index contributed by atoms with van der Waals surface area (Å²) >= 11 is 1.59. The number of aryl methyl sites for hydroxylation is 4. The SMILES string of the molecule is CCn1cc[n+](C)c1C(=O)Nc1ccc(Sc2cccc(NC(=O)c3n(CC)cc[n+]3C)c2)cc1. The number of benzene rings is 2. The number of aromatic nitrogens is 4. The number of amides is 2. The molecule has 0 unspecified atom stereocenters. The standard InChI is InChI=1S/C26H28N6O2S/c1-5-31-16-14-29(3)25(31)23(33)27-19-10-12-21(13-11-19)35-22-9-7-8-20(18-22)28-24(34)26-30(4)15-17-32(26)6-2/h7-18H,5-6H2,1-4H3/p+2. The lowest BCUT2D eigenvalue weighted by Gasteiger charge is -2.08. The maximum Gasteiger partial charge on any atom is 0.348 e. The van der Waals surface area contributed by atoms with Gasteiger partial charge in [-0.05, 0) is 56.3 Å². The molecule has 0 saturated heterocycles. The van der Waals surface area contributed by atoms with Crippen LogP contribution in [-0.4, -0.2) is 20.9 Å². The number of nitrogens with one attached hydrogen (secondary N) is 2. The lowest BCUT2D eigenvalue weighted by molar-refractivity contribution is -0.672. The van der Waals surface area contributed by atoms with E-state index in [4.69, 9.17) is 0 Å². The molecule has 2 aromatic heterocycles. The highest BCUT2D eigenvalue weighted by molar-refractivity contribution is 7.99. The van der Waals surface area contributed by atoms with Gasteiger partial charge in [-0.15, -0.1) is 0 Å². The number of carbonyl (C=O) groups excluding carboxylic acids is 2. The van der Waals surface area contributed by atoms with Gasteiger partial charge in [0, 0.05) is 21.2 Å². The lowest BCUT2D eigenvalue weighted by atomic mass is 10.3. The van der Waals surface area contributed by atoms with Gasteiger partial charge in [-0.3, -0.25) is 9.59 Å². The van der Waals surface area contributed by atoms with Gasteiger partial charge in [0.15, 0.2) is 0 Å². The van der Waals surface area contributed by atoms with Crippen LogP contribution >= 0.6 is 11.8 Å². The summed E-state index contributed by atoms with van der Waals surface area (Å²) in [4.78, 5) is 27.6. The van der Waals surface area contributed by atoms with Crippen molar-refractivity contribution in [1.29, 1.82) is 0 Å². The van der Waals surface area contributed by atoms with Gasteiger partial charge in [0.2, 0.25) is 0 Å². The molecule has 8 nitrogen and oxygen atoms in total. The van der Waals surface area contributed by atoms with E-state index in [1.807, 2.05) is 120 Å². The van der Waals surface area contributed by atoms with E-state index in [1.54, 1.807) is 11.8 Å². The Bertz CT molecular complexity index is 1360. The van der Waals surface area contributed by atoms with Crippen LogP contribution in [0.25, 0.3) is 0 Å². The molecule has 2 amide bonds. The highest BCUT2D eigenvalue weighted by atomic mass is 32.2. The first kappa shape index (κ1) is 24.3. The first-order valence-electron chi connectivity index (χ1n) is 11.5. The second kappa shape index (κ2) is 10.6. The Kier molecular flexibility index (Phi) is 7.36. The van der Waals surface area contributed by atoms with Gasteiger partial charge in [0.05, 0.1) is 27.2 Å². The van der Waals surface area contributed by atoms with Crippen molar-refractivity contribution < 1.29 is 18.7 Å². The number of carbonyl (C=O) groups is 2. The molecule has 180 valence electrons. The summed E-state index contributed by atoms with van der Waals surface area (Å²) in [5.74, 6) is 0.905. The number of nitrogens with zero attached hydrogens (tertiary/aromatic N) is 4. The summed E-state index contributed by atoms with van der Waals surface area (Å²) in [6, 6.07) is 15.5. The quantitative estimate of drug-likeness (QED) is 0.371. The van der Waals surface area contributed by atoms with Crippen LogP contribution in [-0.2, 0) is 27.2 Å². The van der Waals surface area contributed by atoms with Crippen molar-refractivity contribution in [2.24, 2.45) is 14.1 Å². The zero-order valence-corrected chi connectivity index (χ0v) is 21.2.